The van der Waals surface area contributed by atoms with Crippen LogP contribution in [0, 0.1) is 5.92 Å². The van der Waals surface area contributed by atoms with Gasteiger partial charge in [-0.25, -0.2) is 8.42 Å². The Morgan fingerprint density at radius 3 is 2.36 bits per heavy atom. The third-order valence-electron chi connectivity index (χ3n) is 4.90. The molecule has 2 rings (SSSR count). The highest BCUT2D eigenvalue weighted by molar-refractivity contribution is 7.93. The number of hydrogen-bond acceptors (Lipinski definition) is 4. The van der Waals surface area contributed by atoms with Crippen LogP contribution in [0.2, 0.25) is 0 Å². The average molecular weight is 330 g/mol. The third kappa shape index (κ3) is 3.82. The maximum atomic E-state index is 13.0. The van der Waals surface area contributed by atoms with E-state index in [0.717, 1.165) is 38.6 Å². The van der Waals surface area contributed by atoms with Crippen LogP contribution in [0.1, 0.15) is 52.9 Å². The van der Waals surface area contributed by atoms with Crippen LogP contribution in [0.3, 0.4) is 0 Å². The van der Waals surface area contributed by atoms with E-state index in [1.807, 2.05) is 20.8 Å². The summed E-state index contributed by atoms with van der Waals surface area (Å²) in [6.45, 7) is 7.68. The summed E-state index contributed by atoms with van der Waals surface area (Å²) in [5.41, 5.74) is 0. The molecule has 2 fully saturated rings. The summed E-state index contributed by atoms with van der Waals surface area (Å²) in [4.78, 5) is 14.6. The fourth-order valence-corrected chi connectivity index (χ4v) is 6.31. The molecule has 2 aliphatic rings. The van der Waals surface area contributed by atoms with E-state index in [0.29, 0.717) is 13.1 Å². The van der Waals surface area contributed by atoms with Crippen LogP contribution in [-0.2, 0) is 14.6 Å². The van der Waals surface area contributed by atoms with Gasteiger partial charge in [0, 0.05) is 25.7 Å². The lowest BCUT2D eigenvalue weighted by Crippen LogP contribution is -2.56. The molecule has 2 unspecified atom stereocenters. The summed E-state index contributed by atoms with van der Waals surface area (Å²) in [5, 5.41) is 2.10. The molecule has 0 aromatic heterocycles. The highest BCUT2D eigenvalue weighted by atomic mass is 32.2. The number of sulfone groups is 1. The molecule has 0 spiro atoms. The highest BCUT2D eigenvalue weighted by Crippen LogP contribution is 2.30. The Kier molecular flexibility index (Phi) is 5.88. The number of carbonyl (C=O) groups is 1. The van der Waals surface area contributed by atoms with E-state index < -0.39 is 15.1 Å². The molecule has 0 aromatic rings. The number of hydrogen-bond donors (Lipinski definition) is 1. The second-order valence-corrected chi connectivity index (χ2v) is 9.51. The van der Waals surface area contributed by atoms with Crippen molar-refractivity contribution < 1.29 is 13.2 Å². The Morgan fingerprint density at radius 2 is 1.82 bits per heavy atom. The van der Waals surface area contributed by atoms with Crippen molar-refractivity contribution in [2.24, 2.45) is 5.92 Å². The Bertz CT molecular complexity index is 484. The molecule has 1 heterocycles. The summed E-state index contributed by atoms with van der Waals surface area (Å²) in [6, 6.07) is 0.225. The molecule has 5 nitrogen and oxygen atoms in total. The smallest absolute Gasteiger partial charge is 0.241 e. The van der Waals surface area contributed by atoms with Crippen LogP contribution in [-0.4, -0.2) is 55.4 Å². The quantitative estimate of drug-likeness (QED) is 0.850. The van der Waals surface area contributed by atoms with Crippen molar-refractivity contribution in [2.45, 2.75) is 69.4 Å². The first-order valence-corrected chi connectivity index (χ1v) is 10.2. The molecular formula is C16H30N2O3S. The highest BCUT2D eigenvalue weighted by Gasteiger charge is 2.43. The zero-order valence-electron chi connectivity index (χ0n) is 14.0. The number of nitrogens with zero attached hydrogens (tertiary/aromatic N) is 1. The van der Waals surface area contributed by atoms with Gasteiger partial charge < -0.3 is 10.2 Å². The summed E-state index contributed by atoms with van der Waals surface area (Å²) in [7, 11) is -3.40. The van der Waals surface area contributed by atoms with E-state index >= 15 is 0 Å². The van der Waals surface area contributed by atoms with Gasteiger partial charge in [0.15, 0.2) is 9.84 Å². The fraction of sp³-hybridized carbons (Fsp3) is 0.938. The van der Waals surface area contributed by atoms with E-state index in [4.69, 9.17) is 0 Å². The minimum absolute atomic E-state index is 0.176. The first-order chi connectivity index (χ1) is 10.3. The molecule has 0 radical (unpaired) electrons. The Labute approximate surface area is 134 Å². The Morgan fingerprint density at radius 1 is 1.18 bits per heavy atom. The molecule has 1 N–H and O–H groups in total. The number of rotatable bonds is 4. The van der Waals surface area contributed by atoms with Crippen LogP contribution >= 0.6 is 0 Å². The normalized spacial score (nSPS) is 26.2. The summed E-state index contributed by atoms with van der Waals surface area (Å²) in [6.07, 6.45) is 4.48. The molecular weight excluding hydrogens is 300 g/mol. The van der Waals surface area contributed by atoms with Crippen molar-refractivity contribution in [1.82, 2.24) is 10.2 Å². The lowest BCUT2D eigenvalue weighted by molar-refractivity contribution is -0.132. The van der Waals surface area contributed by atoms with Crippen molar-refractivity contribution in [3.05, 3.63) is 0 Å². The van der Waals surface area contributed by atoms with Gasteiger partial charge in [-0.1, -0.05) is 33.1 Å². The van der Waals surface area contributed by atoms with Gasteiger partial charge in [-0.15, -0.1) is 0 Å². The number of carbonyl (C=O) groups excluding carboxylic acids is 1. The zero-order chi connectivity index (χ0) is 16.3. The summed E-state index contributed by atoms with van der Waals surface area (Å²) < 4.78 is 26.1. The number of piperazine rings is 1. The van der Waals surface area contributed by atoms with Gasteiger partial charge in [-0.2, -0.15) is 0 Å². The molecule has 1 saturated heterocycles. The second kappa shape index (κ2) is 7.30. The predicted molar refractivity (Wildman–Crippen MR) is 88.5 cm³/mol. The maximum absolute atomic E-state index is 13.0. The van der Waals surface area contributed by atoms with E-state index in [2.05, 4.69) is 5.32 Å². The molecule has 0 bridgehead atoms. The minimum atomic E-state index is -3.40. The van der Waals surface area contributed by atoms with Crippen molar-refractivity contribution in [2.75, 3.05) is 19.6 Å². The molecule has 1 saturated carbocycles. The van der Waals surface area contributed by atoms with Crippen LogP contribution in [0.15, 0.2) is 0 Å². The van der Waals surface area contributed by atoms with Gasteiger partial charge in [-0.05, 0) is 25.7 Å². The molecule has 0 aromatic carbocycles. The van der Waals surface area contributed by atoms with Gasteiger partial charge in [0.2, 0.25) is 5.91 Å². The van der Waals surface area contributed by atoms with E-state index in [1.54, 1.807) is 4.90 Å². The summed E-state index contributed by atoms with van der Waals surface area (Å²) in [5.74, 6) is -0.362. The van der Waals surface area contributed by atoms with Crippen molar-refractivity contribution in [1.29, 1.82) is 0 Å². The van der Waals surface area contributed by atoms with Gasteiger partial charge in [0.25, 0.3) is 0 Å². The van der Waals surface area contributed by atoms with Crippen LogP contribution < -0.4 is 5.32 Å². The largest absolute Gasteiger partial charge is 0.339 e. The monoisotopic (exact) mass is 330 g/mol. The second-order valence-electron chi connectivity index (χ2n) is 7.15. The molecule has 22 heavy (non-hydrogen) atoms. The lowest BCUT2D eigenvalue weighted by Gasteiger charge is -2.36. The fourth-order valence-electron chi connectivity index (χ4n) is 3.72. The Hall–Kier alpha value is -0.620. The van der Waals surface area contributed by atoms with E-state index in [1.165, 1.54) is 0 Å². The van der Waals surface area contributed by atoms with Gasteiger partial charge in [0.1, 0.15) is 5.25 Å². The first-order valence-electron chi connectivity index (χ1n) is 8.59. The SMILES string of the molecule is CC1CN(C(=O)C(C(C)C)S(=O)(=O)C2CCCCC2)CCN1. The van der Waals surface area contributed by atoms with Crippen molar-refractivity contribution >= 4 is 15.7 Å². The van der Waals surface area contributed by atoms with Crippen LogP contribution in [0.5, 0.6) is 0 Å². The molecule has 128 valence electrons. The van der Waals surface area contributed by atoms with Gasteiger partial charge in [-0.3, -0.25) is 4.79 Å². The average Bonchev–Trinajstić information content (AvgIpc) is 2.47. The molecule has 1 aliphatic heterocycles. The molecule has 2 atom stereocenters. The zero-order valence-corrected chi connectivity index (χ0v) is 14.9. The van der Waals surface area contributed by atoms with E-state index in [-0.39, 0.29) is 23.1 Å². The summed E-state index contributed by atoms with van der Waals surface area (Å²) >= 11 is 0. The van der Waals surface area contributed by atoms with Crippen molar-refractivity contribution in [3.8, 4) is 0 Å². The van der Waals surface area contributed by atoms with Crippen molar-refractivity contribution in [3.63, 3.8) is 0 Å². The van der Waals surface area contributed by atoms with Crippen LogP contribution in [0.25, 0.3) is 0 Å². The lowest BCUT2D eigenvalue weighted by atomic mass is 10.0. The maximum Gasteiger partial charge on any atom is 0.241 e. The van der Waals surface area contributed by atoms with Gasteiger partial charge in [0.05, 0.1) is 5.25 Å². The van der Waals surface area contributed by atoms with Gasteiger partial charge >= 0.3 is 0 Å². The first kappa shape index (κ1) is 17.7. The third-order valence-corrected chi connectivity index (χ3v) is 7.75. The molecule has 6 heteroatoms. The number of amides is 1. The van der Waals surface area contributed by atoms with Crippen LogP contribution in [0.4, 0.5) is 0 Å². The molecule has 1 amide bonds. The Balaban J connectivity index is 2.19. The number of nitrogens with one attached hydrogen (secondary N) is 1. The predicted octanol–water partition coefficient (Wildman–Crippen LogP) is 1.58. The topological polar surface area (TPSA) is 66.5 Å². The van der Waals surface area contributed by atoms with E-state index in [9.17, 15) is 13.2 Å². The minimum Gasteiger partial charge on any atom is -0.339 e. The standard InChI is InChI=1S/C16H30N2O3S/c1-12(2)15(16(19)18-10-9-17-13(3)11-18)22(20,21)14-7-5-4-6-8-14/h12-15,17H,4-11H2,1-3H3. The molecule has 1 aliphatic carbocycles.